The number of anilines is 1. The van der Waals surface area contributed by atoms with Crippen molar-refractivity contribution in [2.45, 2.75) is 44.4 Å². The first-order valence-electron chi connectivity index (χ1n) is 9.64. The van der Waals surface area contributed by atoms with Crippen LogP contribution in [0, 0.1) is 12.7 Å². The van der Waals surface area contributed by atoms with E-state index in [0.717, 1.165) is 17.5 Å². The van der Waals surface area contributed by atoms with Crippen LogP contribution in [-0.4, -0.2) is 21.1 Å². The Morgan fingerprint density at radius 1 is 1.11 bits per heavy atom. The first-order chi connectivity index (χ1) is 13.6. The predicted molar refractivity (Wildman–Crippen MR) is 106 cm³/mol. The van der Waals surface area contributed by atoms with E-state index in [9.17, 15) is 9.18 Å². The minimum atomic E-state index is -0.537. The van der Waals surface area contributed by atoms with Gasteiger partial charge in [0.1, 0.15) is 5.82 Å². The van der Waals surface area contributed by atoms with Crippen molar-refractivity contribution in [3.05, 3.63) is 77.1 Å². The number of pyridine rings is 1. The number of aromatic nitrogens is 3. The predicted octanol–water partition coefficient (Wildman–Crippen LogP) is 4.95. The van der Waals surface area contributed by atoms with Crippen molar-refractivity contribution in [1.29, 1.82) is 0 Å². The van der Waals surface area contributed by atoms with Crippen LogP contribution in [0.1, 0.15) is 65.0 Å². The number of amides is 1. The Morgan fingerprint density at radius 2 is 1.86 bits per heavy atom. The molecule has 144 valence electrons. The van der Waals surface area contributed by atoms with Gasteiger partial charge in [-0.25, -0.2) is 4.39 Å². The van der Waals surface area contributed by atoms with Gasteiger partial charge in [0.25, 0.3) is 5.91 Å². The van der Waals surface area contributed by atoms with Crippen LogP contribution in [-0.2, 0) is 0 Å². The van der Waals surface area contributed by atoms with E-state index in [-0.39, 0.29) is 5.56 Å². The molecule has 5 nitrogen and oxygen atoms in total. The molecule has 0 bridgehead atoms. The second-order valence-corrected chi connectivity index (χ2v) is 7.42. The first-order valence-corrected chi connectivity index (χ1v) is 9.64. The molecule has 3 aromatic rings. The molecule has 0 spiro atoms. The molecule has 1 aromatic carbocycles. The second kappa shape index (κ2) is 7.92. The summed E-state index contributed by atoms with van der Waals surface area (Å²) in [5.74, 6) is 0.618. The van der Waals surface area contributed by atoms with Crippen molar-refractivity contribution in [2.24, 2.45) is 0 Å². The van der Waals surface area contributed by atoms with Gasteiger partial charge in [-0.05, 0) is 62.9 Å². The Hall–Kier alpha value is -3.02. The third-order valence-corrected chi connectivity index (χ3v) is 4.92. The summed E-state index contributed by atoms with van der Waals surface area (Å²) in [5, 5.41) is 10.0. The van der Waals surface area contributed by atoms with Gasteiger partial charge in [0, 0.05) is 23.2 Å². The zero-order valence-corrected chi connectivity index (χ0v) is 15.8. The summed E-state index contributed by atoms with van der Waals surface area (Å²) < 4.78 is 13.3. The van der Waals surface area contributed by atoms with Crippen molar-refractivity contribution < 1.29 is 9.18 Å². The highest BCUT2D eigenvalue weighted by Gasteiger charge is 2.30. The maximum Gasteiger partial charge on any atom is 0.258 e. The van der Waals surface area contributed by atoms with Crippen LogP contribution in [0.25, 0.3) is 0 Å². The van der Waals surface area contributed by atoms with Crippen LogP contribution in [0.5, 0.6) is 0 Å². The molecule has 2 N–H and O–H groups in total. The standard InChI is InChI=1S/C13H11FN2O.C9H12N2/c1-9-6-7-10(8-15-9)16-13(17)11-4-2-3-5-12(11)14;1-2-6(1)8-5-9(11-10-8)7-3-4-7/h2-8H,1H3,(H,16,17);5-7H,1-4H2,(H,10,11). The summed E-state index contributed by atoms with van der Waals surface area (Å²) in [5.41, 5.74) is 4.12. The SMILES string of the molecule is Cc1ccc(NC(=O)c2ccccc2F)cn1.c1c(C2CC2)n[nH]c1C1CC1. The van der Waals surface area contributed by atoms with Crippen LogP contribution in [0.2, 0.25) is 0 Å². The lowest BCUT2D eigenvalue weighted by atomic mass is 10.2. The van der Waals surface area contributed by atoms with Crippen molar-refractivity contribution in [3.8, 4) is 0 Å². The number of aromatic amines is 1. The molecule has 28 heavy (non-hydrogen) atoms. The summed E-state index contributed by atoms with van der Waals surface area (Å²) in [6.45, 7) is 1.85. The van der Waals surface area contributed by atoms with Crippen molar-refractivity contribution >= 4 is 11.6 Å². The van der Waals surface area contributed by atoms with Gasteiger partial charge in [-0.3, -0.25) is 14.9 Å². The monoisotopic (exact) mass is 378 g/mol. The summed E-state index contributed by atoms with van der Waals surface area (Å²) in [4.78, 5) is 15.8. The maximum atomic E-state index is 13.3. The zero-order chi connectivity index (χ0) is 19.5. The highest BCUT2D eigenvalue weighted by Crippen LogP contribution is 2.43. The minimum absolute atomic E-state index is 0.0214. The lowest BCUT2D eigenvalue weighted by Crippen LogP contribution is -2.13. The molecule has 2 fully saturated rings. The fourth-order valence-corrected chi connectivity index (χ4v) is 2.93. The fraction of sp³-hybridized carbons (Fsp3) is 0.318. The zero-order valence-electron chi connectivity index (χ0n) is 15.8. The van der Waals surface area contributed by atoms with Crippen molar-refractivity contribution in [3.63, 3.8) is 0 Å². The van der Waals surface area contributed by atoms with Gasteiger partial charge >= 0.3 is 0 Å². The highest BCUT2D eigenvalue weighted by molar-refractivity contribution is 6.04. The van der Waals surface area contributed by atoms with Crippen LogP contribution in [0.3, 0.4) is 0 Å². The second-order valence-electron chi connectivity index (χ2n) is 7.42. The molecular formula is C22H23FN4O. The van der Waals surface area contributed by atoms with Crippen LogP contribution < -0.4 is 5.32 Å². The molecule has 2 heterocycles. The number of carbonyl (C=O) groups is 1. The molecule has 0 aliphatic heterocycles. The molecule has 0 saturated heterocycles. The number of H-pyrrole nitrogens is 1. The van der Waals surface area contributed by atoms with Gasteiger partial charge < -0.3 is 5.32 Å². The Morgan fingerprint density at radius 3 is 2.50 bits per heavy atom. The molecule has 2 saturated carbocycles. The third-order valence-electron chi connectivity index (χ3n) is 4.92. The number of nitrogens with zero attached hydrogens (tertiary/aromatic N) is 2. The number of nitrogens with one attached hydrogen (secondary N) is 2. The van der Waals surface area contributed by atoms with Crippen molar-refractivity contribution in [2.75, 3.05) is 5.32 Å². The average Bonchev–Trinajstić information content (AvgIpc) is 3.64. The molecule has 1 amide bonds. The van der Waals surface area contributed by atoms with Crippen molar-refractivity contribution in [1.82, 2.24) is 15.2 Å². The van der Waals surface area contributed by atoms with Crippen LogP contribution in [0.15, 0.2) is 48.7 Å². The van der Waals surface area contributed by atoms with E-state index in [2.05, 4.69) is 26.6 Å². The number of hydrogen-bond acceptors (Lipinski definition) is 3. The number of hydrogen-bond donors (Lipinski definition) is 2. The van der Waals surface area contributed by atoms with Gasteiger partial charge in [-0.15, -0.1) is 0 Å². The number of benzene rings is 1. The maximum absolute atomic E-state index is 13.3. The normalized spacial score (nSPS) is 15.5. The number of carbonyl (C=O) groups excluding carboxylic acids is 1. The third kappa shape index (κ3) is 4.63. The van der Waals surface area contributed by atoms with E-state index in [1.807, 2.05) is 6.92 Å². The Labute approximate surface area is 163 Å². The molecule has 2 aliphatic carbocycles. The smallest absolute Gasteiger partial charge is 0.258 e. The van der Waals surface area contributed by atoms with Gasteiger partial charge in [-0.1, -0.05) is 12.1 Å². The van der Waals surface area contributed by atoms with E-state index < -0.39 is 11.7 Å². The first kappa shape index (κ1) is 18.3. The van der Waals surface area contributed by atoms with E-state index in [0.29, 0.717) is 5.69 Å². The summed E-state index contributed by atoms with van der Waals surface area (Å²) in [6, 6.07) is 11.6. The number of rotatable bonds is 4. The molecule has 6 heteroatoms. The molecule has 5 rings (SSSR count). The van der Waals surface area contributed by atoms with Gasteiger partial charge in [0.05, 0.1) is 23.1 Å². The fourth-order valence-electron chi connectivity index (χ4n) is 2.93. The molecule has 2 aliphatic rings. The number of halogens is 1. The largest absolute Gasteiger partial charge is 0.320 e. The van der Waals surface area contributed by atoms with E-state index in [1.165, 1.54) is 55.4 Å². The quantitative estimate of drug-likeness (QED) is 0.675. The summed E-state index contributed by atoms with van der Waals surface area (Å²) in [6.07, 6.45) is 6.98. The Balaban J connectivity index is 0.000000149. The minimum Gasteiger partial charge on any atom is -0.320 e. The van der Waals surface area contributed by atoms with E-state index in [4.69, 9.17) is 0 Å². The summed E-state index contributed by atoms with van der Waals surface area (Å²) in [7, 11) is 0. The lowest BCUT2D eigenvalue weighted by molar-refractivity contribution is 0.102. The molecule has 0 atom stereocenters. The van der Waals surface area contributed by atoms with Gasteiger partial charge in [-0.2, -0.15) is 5.10 Å². The summed E-state index contributed by atoms with van der Waals surface area (Å²) >= 11 is 0. The topological polar surface area (TPSA) is 70.7 Å². The lowest BCUT2D eigenvalue weighted by Gasteiger charge is -2.05. The molecule has 0 unspecified atom stereocenters. The van der Waals surface area contributed by atoms with E-state index >= 15 is 0 Å². The average molecular weight is 378 g/mol. The Bertz CT molecular complexity index is 932. The highest BCUT2D eigenvalue weighted by atomic mass is 19.1. The number of aryl methyl sites for hydroxylation is 1. The molecule has 2 aromatic heterocycles. The molecular weight excluding hydrogens is 355 g/mol. The van der Waals surface area contributed by atoms with Gasteiger partial charge in [0.2, 0.25) is 0 Å². The van der Waals surface area contributed by atoms with Gasteiger partial charge in [0.15, 0.2) is 0 Å². The van der Waals surface area contributed by atoms with E-state index in [1.54, 1.807) is 24.3 Å². The Kier molecular flexibility index (Phi) is 5.19. The van der Waals surface area contributed by atoms with Crippen LogP contribution >= 0.6 is 0 Å². The molecule has 0 radical (unpaired) electrons. The van der Waals surface area contributed by atoms with Crippen LogP contribution in [0.4, 0.5) is 10.1 Å².